The third-order valence-electron chi connectivity index (χ3n) is 6.53. The second-order valence-corrected chi connectivity index (χ2v) is 9.89. The molecule has 4 aromatic carbocycles. The molecule has 2 nitrogen and oxygen atoms in total. The molecule has 0 amide bonds. The summed E-state index contributed by atoms with van der Waals surface area (Å²) in [4.78, 5) is 0. The van der Waals surface area contributed by atoms with Crippen molar-refractivity contribution in [3.63, 3.8) is 0 Å². The summed E-state index contributed by atoms with van der Waals surface area (Å²) in [7, 11) is 0. The molecule has 0 saturated heterocycles. The fourth-order valence-corrected chi connectivity index (χ4v) is 5.89. The van der Waals surface area contributed by atoms with Gasteiger partial charge in [0.1, 0.15) is 11.1 Å². The SMILES string of the molecule is Clc1ccc([C@]23Nc4ccc(Cl)cc4[C@@]2(c2ccc(Cl)cc2)Nc2ccc(Cl)cc23)cc1. The molecule has 158 valence electrons. The Labute approximate surface area is 206 Å². The zero-order valence-electron chi connectivity index (χ0n) is 16.6. The molecule has 2 aliphatic heterocycles. The first-order valence-electron chi connectivity index (χ1n) is 10.1. The highest BCUT2D eigenvalue weighted by Crippen LogP contribution is 2.64. The maximum absolute atomic E-state index is 6.52. The molecule has 2 atom stereocenters. The number of rotatable bonds is 2. The Morgan fingerprint density at radius 1 is 0.438 bits per heavy atom. The van der Waals surface area contributed by atoms with E-state index in [2.05, 4.69) is 34.9 Å². The Morgan fingerprint density at radius 2 is 0.781 bits per heavy atom. The standard InChI is InChI=1S/C26H16Cl4N2/c27-17-5-1-15(2-6-17)25-21-13-19(29)9-11-23(21)32-26(25,16-3-7-18(28)8-4-16)22-14-20(30)10-12-24(22)31-25/h1-14,31-32H/t25-,26-/m1/s1. The van der Waals surface area contributed by atoms with Crippen molar-refractivity contribution in [1.82, 2.24) is 0 Å². The van der Waals surface area contributed by atoms with E-state index < -0.39 is 11.1 Å². The average Bonchev–Trinajstić information content (AvgIpc) is 3.22. The molecule has 2 heterocycles. The summed E-state index contributed by atoms with van der Waals surface area (Å²) in [6, 6.07) is 27.8. The van der Waals surface area contributed by atoms with Crippen LogP contribution in [0.3, 0.4) is 0 Å². The molecule has 0 aliphatic carbocycles. The van der Waals surface area contributed by atoms with Gasteiger partial charge < -0.3 is 10.6 Å². The summed E-state index contributed by atoms with van der Waals surface area (Å²) in [5.74, 6) is 0. The molecule has 0 radical (unpaired) electrons. The van der Waals surface area contributed by atoms with Gasteiger partial charge >= 0.3 is 0 Å². The molecule has 0 bridgehead atoms. The van der Waals surface area contributed by atoms with Crippen LogP contribution >= 0.6 is 46.4 Å². The lowest BCUT2D eigenvalue weighted by atomic mass is 9.66. The number of hydrogen-bond donors (Lipinski definition) is 2. The van der Waals surface area contributed by atoms with Crippen LogP contribution in [0.1, 0.15) is 22.3 Å². The number of anilines is 2. The van der Waals surface area contributed by atoms with E-state index in [1.54, 1.807) is 0 Å². The van der Waals surface area contributed by atoms with Crippen molar-refractivity contribution in [3.05, 3.63) is 127 Å². The quantitative estimate of drug-likeness (QED) is 0.290. The van der Waals surface area contributed by atoms with E-state index in [-0.39, 0.29) is 0 Å². The van der Waals surface area contributed by atoms with E-state index in [9.17, 15) is 0 Å². The molecule has 0 spiro atoms. The van der Waals surface area contributed by atoms with Crippen LogP contribution < -0.4 is 10.6 Å². The second-order valence-electron chi connectivity index (χ2n) is 8.14. The molecule has 2 aliphatic rings. The smallest absolute Gasteiger partial charge is 0.122 e. The first-order chi connectivity index (χ1) is 15.4. The summed E-state index contributed by atoms with van der Waals surface area (Å²) < 4.78 is 0. The molecular weight excluding hydrogens is 482 g/mol. The van der Waals surface area contributed by atoms with E-state index >= 15 is 0 Å². The van der Waals surface area contributed by atoms with Crippen molar-refractivity contribution in [1.29, 1.82) is 0 Å². The summed E-state index contributed by atoms with van der Waals surface area (Å²) in [5, 5.41) is 10.4. The van der Waals surface area contributed by atoms with Crippen LogP contribution in [0.15, 0.2) is 84.9 Å². The normalized spacial score (nSPS) is 22.5. The molecule has 0 aromatic heterocycles. The molecule has 6 rings (SSSR count). The van der Waals surface area contributed by atoms with E-state index in [0.29, 0.717) is 20.1 Å². The van der Waals surface area contributed by atoms with Crippen LogP contribution in [-0.2, 0) is 11.1 Å². The minimum absolute atomic E-state index is 0.668. The van der Waals surface area contributed by atoms with Gasteiger partial charge in [0.2, 0.25) is 0 Å². The highest BCUT2D eigenvalue weighted by atomic mass is 35.5. The van der Waals surface area contributed by atoms with Gasteiger partial charge in [0.15, 0.2) is 0 Å². The Balaban J connectivity index is 1.77. The van der Waals surface area contributed by atoms with Crippen LogP contribution in [0.5, 0.6) is 0 Å². The molecule has 32 heavy (non-hydrogen) atoms. The molecule has 0 fully saturated rings. The summed E-state index contributed by atoms with van der Waals surface area (Å²) in [6.45, 7) is 0. The highest BCUT2D eigenvalue weighted by molar-refractivity contribution is 6.31. The summed E-state index contributed by atoms with van der Waals surface area (Å²) in [5.41, 5.74) is 4.81. The number of fused-ring (bicyclic) bond motifs is 5. The number of benzene rings is 4. The fraction of sp³-hybridized carbons (Fsp3) is 0.0769. The van der Waals surface area contributed by atoms with Crippen LogP contribution in [0.4, 0.5) is 11.4 Å². The topological polar surface area (TPSA) is 24.1 Å². The average molecular weight is 498 g/mol. The van der Waals surface area contributed by atoms with Crippen molar-refractivity contribution >= 4 is 57.8 Å². The Kier molecular flexibility index (Phi) is 4.48. The predicted octanol–water partition coefficient (Wildman–Crippen LogP) is 8.34. The minimum atomic E-state index is -0.696. The maximum Gasteiger partial charge on any atom is 0.122 e. The lowest BCUT2D eigenvalue weighted by Gasteiger charge is -2.42. The van der Waals surface area contributed by atoms with E-state index in [4.69, 9.17) is 46.4 Å². The fourth-order valence-electron chi connectivity index (χ4n) is 5.29. The maximum atomic E-state index is 6.52. The van der Waals surface area contributed by atoms with Gasteiger partial charge in [-0.3, -0.25) is 0 Å². The van der Waals surface area contributed by atoms with E-state index in [0.717, 1.165) is 33.6 Å². The van der Waals surface area contributed by atoms with Gasteiger partial charge in [-0.05, 0) is 71.8 Å². The number of halogens is 4. The summed E-state index contributed by atoms with van der Waals surface area (Å²) >= 11 is 25.6. The minimum Gasteiger partial charge on any atom is -0.369 e. The van der Waals surface area contributed by atoms with Crippen LogP contribution in [0, 0.1) is 0 Å². The number of nitrogens with one attached hydrogen (secondary N) is 2. The van der Waals surface area contributed by atoms with Crippen LogP contribution in [-0.4, -0.2) is 0 Å². The second kappa shape index (κ2) is 7.07. The van der Waals surface area contributed by atoms with Gasteiger partial charge in [0, 0.05) is 42.6 Å². The van der Waals surface area contributed by atoms with Gasteiger partial charge in [0.05, 0.1) is 0 Å². The largest absolute Gasteiger partial charge is 0.369 e. The molecule has 6 heteroatoms. The Morgan fingerprint density at radius 3 is 1.16 bits per heavy atom. The van der Waals surface area contributed by atoms with Gasteiger partial charge in [-0.15, -0.1) is 0 Å². The van der Waals surface area contributed by atoms with E-state index in [1.165, 1.54) is 0 Å². The third kappa shape index (κ3) is 2.61. The van der Waals surface area contributed by atoms with Gasteiger partial charge in [0.25, 0.3) is 0 Å². The summed E-state index contributed by atoms with van der Waals surface area (Å²) in [6.07, 6.45) is 0. The monoisotopic (exact) mass is 496 g/mol. The molecule has 2 N–H and O–H groups in total. The van der Waals surface area contributed by atoms with Crippen LogP contribution in [0.2, 0.25) is 20.1 Å². The van der Waals surface area contributed by atoms with Gasteiger partial charge in [-0.1, -0.05) is 70.7 Å². The molecule has 4 aromatic rings. The van der Waals surface area contributed by atoms with Crippen molar-refractivity contribution in [2.75, 3.05) is 10.6 Å². The zero-order valence-corrected chi connectivity index (χ0v) is 19.6. The van der Waals surface area contributed by atoms with Crippen molar-refractivity contribution in [3.8, 4) is 0 Å². The molecule has 0 saturated carbocycles. The lowest BCUT2D eigenvalue weighted by Crippen LogP contribution is -2.51. The first-order valence-corrected chi connectivity index (χ1v) is 11.6. The van der Waals surface area contributed by atoms with Crippen molar-refractivity contribution in [2.24, 2.45) is 0 Å². The number of hydrogen-bond acceptors (Lipinski definition) is 2. The van der Waals surface area contributed by atoms with Gasteiger partial charge in [-0.2, -0.15) is 0 Å². The van der Waals surface area contributed by atoms with Gasteiger partial charge in [-0.25, -0.2) is 0 Å². The zero-order chi connectivity index (χ0) is 22.1. The van der Waals surface area contributed by atoms with Crippen molar-refractivity contribution < 1.29 is 0 Å². The third-order valence-corrected chi connectivity index (χ3v) is 7.51. The molecule has 0 unspecified atom stereocenters. The van der Waals surface area contributed by atoms with Crippen LogP contribution in [0.25, 0.3) is 0 Å². The highest BCUT2D eigenvalue weighted by Gasteiger charge is 2.65. The van der Waals surface area contributed by atoms with E-state index in [1.807, 2.05) is 60.7 Å². The Hall–Kier alpha value is -2.36. The van der Waals surface area contributed by atoms with Crippen molar-refractivity contribution in [2.45, 2.75) is 11.1 Å². The lowest BCUT2D eigenvalue weighted by molar-refractivity contribution is 0.439. The molecular formula is C26H16Cl4N2. The Bertz CT molecular complexity index is 1260. The first kappa shape index (κ1) is 20.3. The predicted molar refractivity (Wildman–Crippen MR) is 135 cm³/mol.